The lowest BCUT2D eigenvalue weighted by Gasteiger charge is -2.28. The van der Waals surface area contributed by atoms with E-state index < -0.39 is 18.1 Å². The smallest absolute Gasteiger partial charge is 0.256 e. The number of rotatable bonds is 3. The molecule has 2 rings (SSSR count). The average molecular weight is 250 g/mol. The fourth-order valence-electron chi connectivity index (χ4n) is 2.18. The number of nitrogens with zero attached hydrogens (tertiary/aromatic N) is 1. The molecule has 0 bridgehead atoms. The summed E-state index contributed by atoms with van der Waals surface area (Å²) in [4.78, 5) is 13.5. The van der Waals surface area contributed by atoms with Crippen molar-refractivity contribution in [3.8, 4) is 0 Å². The second-order valence-corrected chi connectivity index (χ2v) is 4.56. The van der Waals surface area contributed by atoms with Gasteiger partial charge in [0.15, 0.2) is 6.10 Å². The summed E-state index contributed by atoms with van der Waals surface area (Å²) in [6, 6.07) is 8.51. The monoisotopic (exact) mass is 250 g/mol. The molecule has 1 unspecified atom stereocenters. The third kappa shape index (κ3) is 2.53. The first-order valence-electron chi connectivity index (χ1n) is 5.99. The second-order valence-electron chi connectivity index (χ2n) is 4.56. The van der Waals surface area contributed by atoms with Gasteiger partial charge in [-0.15, -0.1) is 0 Å². The van der Waals surface area contributed by atoms with Crippen LogP contribution in [0.15, 0.2) is 30.3 Å². The van der Waals surface area contributed by atoms with Crippen molar-refractivity contribution in [2.75, 3.05) is 20.1 Å². The van der Waals surface area contributed by atoms with Crippen molar-refractivity contribution in [2.24, 2.45) is 0 Å². The molecule has 0 spiro atoms. The molecule has 0 radical (unpaired) electrons. The number of hydrogen-bond acceptors (Lipinski definition) is 4. The van der Waals surface area contributed by atoms with E-state index in [-0.39, 0.29) is 6.04 Å². The summed E-state index contributed by atoms with van der Waals surface area (Å²) in [5, 5.41) is 22.7. The molecule has 0 saturated carbocycles. The fraction of sp³-hybridized carbons (Fsp3) is 0.462. The summed E-state index contributed by atoms with van der Waals surface area (Å²) in [6.45, 7) is 1.02. The van der Waals surface area contributed by atoms with Crippen molar-refractivity contribution in [1.29, 1.82) is 0 Å². The predicted molar refractivity (Wildman–Crippen MR) is 66.8 cm³/mol. The van der Waals surface area contributed by atoms with Crippen LogP contribution >= 0.6 is 0 Å². The molecule has 3 N–H and O–H groups in total. The van der Waals surface area contributed by atoms with Gasteiger partial charge in [0.1, 0.15) is 0 Å². The van der Waals surface area contributed by atoms with Crippen LogP contribution in [0.3, 0.4) is 0 Å². The lowest BCUT2D eigenvalue weighted by Crippen LogP contribution is -2.46. The number of carbonyl (C=O) groups is 1. The van der Waals surface area contributed by atoms with Gasteiger partial charge in [0, 0.05) is 20.1 Å². The highest BCUT2D eigenvalue weighted by Gasteiger charge is 2.33. The maximum atomic E-state index is 12.1. The van der Waals surface area contributed by atoms with Crippen molar-refractivity contribution >= 4 is 5.91 Å². The van der Waals surface area contributed by atoms with Crippen molar-refractivity contribution in [3.63, 3.8) is 0 Å². The number of benzene rings is 1. The molecule has 1 fully saturated rings. The Morgan fingerprint density at radius 1 is 1.39 bits per heavy atom. The number of β-amino-alcohol motifs (C(OH)–C–C–N with tert-alkyl or cyclic N) is 1. The van der Waals surface area contributed by atoms with Crippen molar-refractivity contribution in [3.05, 3.63) is 35.9 Å². The summed E-state index contributed by atoms with van der Waals surface area (Å²) >= 11 is 0. The maximum absolute atomic E-state index is 12.1. The first kappa shape index (κ1) is 13.0. The second kappa shape index (κ2) is 5.48. The van der Waals surface area contributed by atoms with Crippen LogP contribution in [-0.2, 0) is 4.79 Å². The Balaban J connectivity index is 2.07. The van der Waals surface area contributed by atoms with E-state index in [4.69, 9.17) is 0 Å². The molecular formula is C13H18N2O3. The zero-order valence-corrected chi connectivity index (χ0v) is 10.3. The first-order valence-corrected chi connectivity index (χ1v) is 5.99. The highest BCUT2D eigenvalue weighted by atomic mass is 16.3. The zero-order valence-electron chi connectivity index (χ0n) is 10.3. The van der Waals surface area contributed by atoms with E-state index in [0.717, 1.165) is 0 Å². The van der Waals surface area contributed by atoms with Gasteiger partial charge in [0.2, 0.25) is 0 Å². The Morgan fingerprint density at radius 3 is 2.61 bits per heavy atom. The van der Waals surface area contributed by atoms with E-state index in [1.54, 1.807) is 31.3 Å². The Hall–Kier alpha value is -1.43. The molecule has 98 valence electrons. The predicted octanol–water partition coefficient (Wildman–Crippen LogP) is -0.489. The van der Waals surface area contributed by atoms with Gasteiger partial charge in [-0.3, -0.25) is 4.79 Å². The summed E-state index contributed by atoms with van der Waals surface area (Å²) < 4.78 is 0. The molecular weight excluding hydrogens is 232 g/mol. The molecule has 3 atom stereocenters. The molecule has 1 aromatic carbocycles. The summed E-state index contributed by atoms with van der Waals surface area (Å²) in [7, 11) is 1.61. The largest absolute Gasteiger partial charge is 0.390 e. The molecule has 1 amide bonds. The molecule has 0 aromatic heterocycles. The van der Waals surface area contributed by atoms with Crippen LogP contribution < -0.4 is 5.32 Å². The van der Waals surface area contributed by atoms with Gasteiger partial charge >= 0.3 is 0 Å². The number of aliphatic hydroxyl groups is 2. The van der Waals surface area contributed by atoms with Crippen LogP contribution in [0.5, 0.6) is 0 Å². The lowest BCUT2D eigenvalue weighted by atomic mass is 10.1. The Bertz CT molecular complexity index is 410. The average Bonchev–Trinajstić information content (AvgIpc) is 2.83. The van der Waals surface area contributed by atoms with Gasteiger partial charge in [-0.25, -0.2) is 0 Å². The number of nitrogens with one attached hydrogen (secondary N) is 1. The van der Waals surface area contributed by atoms with Crippen LogP contribution in [-0.4, -0.2) is 53.3 Å². The van der Waals surface area contributed by atoms with Crippen molar-refractivity contribution < 1.29 is 15.0 Å². The molecule has 1 heterocycles. The van der Waals surface area contributed by atoms with Crippen LogP contribution in [0, 0.1) is 0 Å². The van der Waals surface area contributed by atoms with E-state index in [0.29, 0.717) is 18.7 Å². The number of amides is 1. The van der Waals surface area contributed by atoms with E-state index in [1.165, 1.54) is 4.90 Å². The number of likely N-dealkylation sites (N-methyl/N-ethyl adjacent to an activating group) is 1. The zero-order chi connectivity index (χ0) is 13.1. The standard InChI is InChI=1S/C13H18N2O3/c1-15(10-7-14-8-11(10)16)13(18)12(17)9-5-3-2-4-6-9/h2-6,10-12,14,16-17H,7-8H2,1H3/t10-,11-,12?/m1/s1. The Kier molecular flexibility index (Phi) is 3.96. The normalized spacial score (nSPS) is 24.8. The van der Waals surface area contributed by atoms with Gasteiger partial charge in [-0.05, 0) is 5.56 Å². The van der Waals surface area contributed by atoms with Gasteiger partial charge in [0.25, 0.3) is 5.91 Å². The molecule has 1 saturated heterocycles. The number of hydrogen-bond donors (Lipinski definition) is 3. The topological polar surface area (TPSA) is 72.8 Å². The van der Waals surface area contributed by atoms with E-state index in [9.17, 15) is 15.0 Å². The quantitative estimate of drug-likeness (QED) is 0.677. The minimum absolute atomic E-state index is 0.282. The van der Waals surface area contributed by atoms with Crippen molar-refractivity contribution in [2.45, 2.75) is 18.2 Å². The molecule has 18 heavy (non-hydrogen) atoms. The molecule has 1 aliphatic rings. The van der Waals surface area contributed by atoms with Crippen LogP contribution in [0.25, 0.3) is 0 Å². The maximum Gasteiger partial charge on any atom is 0.256 e. The lowest BCUT2D eigenvalue weighted by molar-refractivity contribution is -0.142. The van der Waals surface area contributed by atoms with Crippen LogP contribution in [0.1, 0.15) is 11.7 Å². The molecule has 0 aliphatic carbocycles. The minimum Gasteiger partial charge on any atom is -0.390 e. The SMILES string of the molecule is CN(C(=O)C(O)c1ccccc1)[C@@H]1CNC[C@H]1O. The fourth-order valence-corrected chi connectivity index (χ4v) is 2.18. The summed E-state index contributed by atoms with van der Waals surface area (Å²) in [6.07, 6.45) is -1.76. The van der Waals surface area contributed by atoms with Gasteiger partial charge in [-0.2, -0.15) is 0 Å². The number of carbonyl (C=O) groups excluding carboxylic acids is 1. The van der Waals surface area contributed by atoms with E-state index >= 15 is 0 Å². The molecule has 5 nitrogen and oxygen atoms in total. The van der Waals surface area contributed by atoms with Gasteiger partial charge < -0.3 is 20.4 Å². The van der Waals surface area contributed by atoms with Crippen LogP contribution in [0.2, 0.25) is 0 Å². The highest BCUT2D eigenvalue weighted by Crippen LogP contribution is 2.17. The Labute approximate surface area is 106 Å². The Morgan fingerprint density at radius 2 is 2.06 bits per heavy atom. The van der Waals surface area contributed by atoms with Crippen LogP contribution in [0.4, 0.5) is 0 Å². The van der Waals surface area contributed by atoms with Crippen molar-refractivity contribution in [1.82, 2.24) is 10.2 Å². The minimum atomic E-state index is -1.18. The third-order valence-electron chi connectivity index (χ3n) is 3.35. The van der Waals surface area contributed by atoms with E-state index in [1.807, 2.05) is 6.07 Å². The third-order valence-corrected chi connectivity index (χ3v) is 3.35. The molecule has 1 aliphatic heterocycles. The first-order chi connectivity index (χ1) is 8.61. The highest BCUT2D eigenvalue weighted by molar-refractivity contribution is 5.82. The molecule has 5 heteroatoms. The molecule has 1 aromatic rings. The summed E-state index contributed by atoms with van der Waals surface area (Å²) in [5.74, 6) is -0.394. The van der Waals surface area contributed by atoms with Gasteiger partial charge in [0.05, 0.1) is 12.1 Å². The van der Waals surface area contributed by atoms with E-state index in [2.05, 4.69) is 5.32 Å². The summed E-state index contributed by atoms with van der Waals surface area (Å²) in [5.41, 5.74) is 0.565. The van der Waals surface area contributed by atoms with Gasteiger partial charge in [-0.1, -0.05) is 30.3 Å². The number of aliphatic hydroxyl groups excluding tert-OH is 2.